The molecule has 5 nitrogen and oxygen atoms in total. The minimum absolute atomic E-state index is 0.0418. The zero-order chi connectivity index (χ0) is 22.0. The lowest BCUT2D eigenvalue weighted by molar-refractivity contribution is 0.180. The van der Waals surface area contributed by atoms with Crippen molar-refractivity contribution < 1.29 is 9.18 Å². The van der Waals surface area contributed by atoms with Crippen molar-refractivity contribution in [3.63, 3.8) is 0 Å². The molecule has 2 N–H and O–H groups in total. The highest BCUT2D eigenvalue weighted by atomic mass is 35.5. The van der Waals surface area contributed by atoms with E-state index in [1.54, 1.807) is 17.2 Å². The molecule has 0 aliphatic heterocycles. The Morgan fingerprint density at radius 1 is 1.23 bits per heavy atom. The molecule has 0 unspecified atom stereocenters. The first-order valence-corrected chi connectivity index (χ1v) is 10.9. The molecule has 2 amide bonds. The summed E-state index contributed by atoms with van der Waals surface area (Å²) in [5, 5.41) is 4.24. The molecule has 2 aromatic carbocycles. The maximum Gasteiger partial charge on any atom is 0.322 e. The average Bonchev–Trinajstić information content (AvgIpc) is 3.28. The first kappa shape index (κ1) is 21.4. The lowest BCUT2D eigenvalue weighted by Gasteiger charge is -2.32. The highest BCUT2D eigenvalue weighted by Crippen LogP contribution is 2.32. The number of nitrogens with one attached hydrogen (secondary N) is 2. The van der Waals surface area contributed by atoms with Crippen LogP contribution >= 0.6 is 11.6 Å². The van der Waals surface area contributed by atoms with Gasteiger partial charge in [0, 0.05) is 23.8 Å². The Morgan fingerprint density at radius 2 is 1.94 bits per heavy atom. The highest BCUT2D eigenvalue weighted by Gasteiger charge is 2.28. The van der Waals surface area contributed by atoms with Crippen LogP contribution in [0.15, 0.2) is 53.5 Å². The number of hydrogen-bond donors (Lipinski definition) is 2. The summed E-state index contributed by atoms with van der Waals surface area (Å²) in [5.74, 6) is -0.102. The quantitative estimate of drug-likeness (QED) is 0.502. The maximum absolute atomic E-state index is 13.5. The Labute approximate surface area is 185 Å². The summed E-state index contributed by atoms with van der Waals surface area (Å²) in [6.45, 7) is 2.57. The lowest BCUT2D eigenvalue weighted by Crippen LogP contribution is -2.40. The number of fused-ring (bicyclic) bond motifs is 1. The van der Waals surface area contributed by atoms with Crippen LogP contribution in [0.4, 0.5) is 14.9 Å². The second kappa shape index (κ2) is 9.10. The molecule has 1 aliphatic rings. The van der Waals surface area contributed by atoms with Gasteiger partial charge in [-0.2, -0.15) is 0 Å². The summed E-state index contributed by atoms with van der Waals surface area (Å²) in [6.07, 6.45) is 6.21. The molecule has 1 heterocycles. The molecule has 0 bridgehead atoms. The number of carbonyl (C=O) groups is 1. The first-order chi connectivity index (χ1) is 14.9. The van der Waals surface area contributed by atoms with Gasteiger partial charge in [0.2, 0.25) is 0 Å². The smallest absolute Gasteiger partial charge is 0.322 e. The molecular weight excluding hydrogens is 417 g/mol. The van der Waals surface area contributed by atoms with Gasteiger partial charge < -0.3 is 15.2 Å². The summed E-state index contributed by atoms with van der Waals surface area (Å²) < 4.78 is 13.5. The third-order valence-corrected chi connectivity index (χ3v) is 6.41. The van der Waals surface area contributed by atoms with Crippen LogP contribution in [0, 0.1) is 11.7 Å². The number of hydrogen-bond acceptors (Lipinski definition) is 2. The third-order valence-electron chi connectivity index (χ3n) is 6.12. The Balaban J connectivity index is 1.67. The highest BCUT2D eigenvalue weighted by molar-refractivity contribution is 6.31. The normalized spacial score (nSPS) is 15.2. The average molecular weight is 442 g/mol. The van der Waals surface area contributed by atoms with Gasteiger partial charge in [-0.3, -0.25) is 4.79 Å². The number of carbonyl (C=O) groups excluding carboxylic acids is 1. The minimum atomic E-state index is -0.532. The number of benzene rings is 2. The maximum atomic E-state index is 13.5. The predicted molar refractivity (Wildman–Crippen MR) is 122 cm³/mol. The van der Waals surface area contributed by atoms with Crippen LogP contribution in [0.2, 0.25) is 5.02 Å². The van der Waals surface area contributed by atoms with Crippen molar-refractivity contribution in [2.24, 2.45) is 5.92 Å². The van der Waals surface area contributed by atoms with Crippen LogP contribution in [0.25, 0.3) is 10.8 Å². The molecule has 3 aromatic rings. The second-order valence-electron chi connectivity index (χ2n) is 8.16. The van der Waals surface area contributed by atoms with Crippen molar-refractivity contribution in [3.05, 3.63) is 75.4 Å². The Hall–Kier alpha value is -2.86. The molecular formula is C24H25ClFN3O2. The number of rotatable bonds is 5. The van der Waals surface area contributed by atoms with Crippen molar-refractivity contribution in [2.75, 3.05) is 11.9 Å². The van der Waals surface area contributed by atoms with Crippen LogP contribution in [0.1, 0.15) is 44.2 Å². The van der Waals surface area contributed by atoms with E-state index in [1.165, 1.54) is 31.0 Å². The Morgan fingerprint density at radius 3 is 2.65 bits per heavy atom. The second-order valence-corrected chi connectivity index (χ2v) is 8.56. The zero-order valence-electron chi connectivity index (χ0n) is 17.3. The van der Waals surface area contributed by atoms with Gasteiger partial charge in [-0.15, -0.1) is 0 Å². The molecule has 162 valence electrons. The fourth-order valence-corrected chi connectivity index (χ4v) is 4.58. The molecule has 4 rings (SSSR count). The minimum Gasteiger partial charge on any atom is -0.328 e. The molecule has 7 heteroatoms. The van der Waals surface area contributed by atoms with E-state index in [0.29, 0.717) is 23.5 Å². The van der Waals surface area contributed by atoms with E-state index in [-0.39, 0.29) is 22.7 Å². The number of amides is 2. The van der Waals surface area contributed by atoms with Gasteiger partial charge in [-0.05, 0) is 60.9 Å². The van der Waals surface area contributed by atoms with Gasteiger partial charge in [0.1, 0.15) is 5.82 Å². The summed E-state index contributed by atoms with van der Waals surface area (Å²) in [5.41, 5.74) is 1.16. The summed E-state index contributed by atoms with van der Waals surface area (Å²) >= 11 is 5.88. The van der Waals surface area contributed by atoms with Crippen molar-refractivity contribution in [2.45, 2.75) is 38.6 Å². The predicted octanol–water partition coefficient (Wildman–Crippen LogP) is 6.11. The number of nitrogens with zero attached hydrogens (tertiary/aromatic N) is 1. The lowest BCUT2D eigenvalue weighted by atomic mass is 10.00. The molecule has 1 saturated carbocycles. The van der Waals surface area contributed by atoms with Crippen LogP contribution in [0.3, 0.4) is 0 Å². The van der Waals surface area contributed by atoms with Gasteiger partial charge in [0.05, 0.1) is 11.1 Å². The summed E-state index contributed by atoms with van der Waals surface area (Å²) in [6, 6.07) is 11.0. The molecule has 31 heavy (non-hydrogen) atoms. The SMILES string of the molecule is C[C@@H](c1c[nH]c(=O)c2ccccc12)N(CC1CCCC1)C(=O)Nc1ccc(F)c(Cl)c1. The molecule has 0 radical (unpaired) electrons. The molecule has 1 aliphatic carbocycles. The third kappa shape index (κ3) is 4.59. The van der Waals surface area contributed by atoms with Gasteiger partial charge in [0.15, 0.2) is 0 Å². The number of aromatic amines is 1. The number of pyridine rings is 1. The fourth-order valence-electron chi connectivity index (χ4n) is 4.40. The molecule has 1 atom stereocenters. The van der Waals surface area contributed by atoms with Crippen molar-refractivity contribution in [1.29, 1.82) is 0 Å². The monoisotopic (exact) mass is 441 g/mol. The topological polar surface area (TPSA) is 65.2 Å². The molecule has 1 aromatic heterocycles. The zero-order valence-corrected chi connectivity index (χ0v) is 18.1. The van der Waals surface area contributed by atoms with Crippen molar-refractivity contribution in [1.82, 2.24) is 9.88 Å². The standard InChI is InChI=1S/C24H25ClFN3O2/c1-15(20-13-27-23(30)19-9-5-4-8-18(19)20)29(14-16-6-2-3-7-16)24(31)28-17-10-11-22(26)21(25)12-17/h4-5,8-13,15-16H,2-3,6-7,14H2,1H3,(H,27,30)(H,28,31)/t15-/m0/s1. The number of anilines is 1. The van der Waals surface area contributed by atoms with Crippen LogP contribution in [0.5, 0.6) is 0 Å². The summed E-state index contributed by atoms with van der Waals surface area (Å²) in [4.78, 5) is 30.2. The summed E-state index contributed by atoms with van der Waals surface area (Å²) in [7, 11) is 0. The van der Waals surface area contributed by atoms with Crippen molar-refractivity contribution in [3.8, 4) is 0 Å². The van der Waals surface area contributed by atoms with Gasteiger partial charge in [-0.25, -0.2) is 9.18 Å². The van der Waals surface area contributed by atoms with E-state index in [4.69, 9.17) is 11.6 Å². The van der Waals surface area contributed by atoms with E-state index in [0.717, 1.165) is 23.8 Å². The van der Waals surface area contributed by atoms with E-state index >= 15 is 0 Å². The number of urea groups is 1. The molecule has 0 saturated heterocycles. The number of H-pyrrole nitrogens is 1. The van der Waals surface area contributed by atoms with E-state index in [9.17, 15) is 14.0 Å². The van der Waals surface area contributed by atoms with Crippen LogP contribution < -0.4 is 10.9 Å². The largest absolute Gasteiger partial charge is 0.328 e. The van der Waals surface area contributed by atoms with Gasteiger partial charge in [0.25, 0.3) is 5.56 Å². The van der Waals surface area contributed by atoms with Crippen LogP contribution in [-0.4, -0.2) is 22.5 Å². The first-order valence-electron chi connectivity index (χ1n) is 10.6. The molecule has 1 fully saturated rings. The van der Waals surface area contributed by atoms with E-state index in [2.05, 4.69) is 10.3 Å². The Bertz CT molecular complexity index is 1160. The number of aromatic nitrogens is 1. The fraction of sp³-hybridized carbons (Fsp3) is 0.333. The van der Waals surface area contributed by atoms with Crippen molar-refractivity contribution >= 4 is 34.1 Å². The van der Waals surface area contributed by atoms with Gasteiger partial charge in [-0.1, -0.05) is 42.6 Å². The van der Waals surface area contributed by atoms with Gasteiger partial charge >= 0.3 is 6.03 Å². The van der Waals surface area contributed by atoms with E-state index in [1.807, 2.05) is 25.1 Å². The van der Waals surface area contributed by atoms with Crippen LogP contribution in [-0.2, 0) is 0 Å². The number of halogens is 2. The molecule has 0 spiro atoms. The Kier molecular flexibility index (Phi) is 6.28. The van der Waals surface area contributed by atoms with E-state index < -0.39 is 5.82 Å².